The van der Waals surface area contributed by atoms with Crippen molar-refractivity contribution in [3.8, 4) is 0 Å². The van der Waals surface area contributed by atoms with Crippen LogP contribution in [0.1, 0.15) is 38.5 Å². The molecule has 0 bridgehead atoms. The van der Waals surface area contributed by atoms with E-state index in [1.807, 2.05) is 0 Å². The lowest BCUT2D eigenvalue weighted by molar-refractivity contribution is 0.669. The number of hydrogen-bond acceptors (Lipinski definition) is 4. The standard InChI is InChI=1S/C13H18ClN3S/c1-4-8(5-2)15-11-10-7-9(6-3)18-12(10)17-13(14)16-11/h7-8H,4-6H2,1-3H3,(H,15,16,17). The van der Waals surface area contributed by atoms with E-state index < -0.39 is 0 Å². The first kappa shape index (κ1) is 13.6. The maximum absolute atomic E-state index is 5.99. The number of anilines is 1. The topological polar surface area (TPSA) is 37.8 Å². The van der Waals surface area contributed by atoms with Gasteiger partial charge in [-0.25, -0.2) is 9.97 Å². The highest BCUT2D eigenvalue weighted by molar-refractivity contribution is 7.18. The van der Waals surface area contributed by atoms with Gasteiger partial charge in [0.15, 0.2) is 0 Å². The predicted octanol–water partition coefficient (Wildman–Crippen LogP) is 4.51. The molecule has 0 aliphatic carbocycles. The summed E-state index contributed by atoms with van der Waals surface area (Å²) < 4.78 is 0. The van der Waals surface area contributed by atoms with Crippen LogP contribution in [0.4, 0.5) is 5.82 Å². The number of rotatable bonds is 5. The minimum absolute atomic E-state index is 0.320. The molecule has 2 heterocycles. The number of aryl methyl sites for hydroxylation is 1. The van der Waals surface area contributed by atoms with Crippen LogP contribution in [0, 0.1) is 0 Å². The van der Waals surface area contributed by atoms with Gasteiger partial charge in [0, 0.05) is 10.9 Å². The van der Waals surface area contributed by atoms with Crippen molar-refractivity contribution in [3.05, 3.63) is 16.2 Å². The van der Waals surface area contributed by atoms with E-state index in [1.54, 1.807) is 11.3 Å². The Morgan fingerprint density at radius 2 is 2.00 bits per heavy atom. The van der Waals surface area contributed by atoms with Crippen LogP contribution in [0.15, 0.2) is 6.07 Å². The first-order valence-corrected chi connectivity index (χ1v) is 7.59. The van der Waals surface area contributed by atoms with Crippen molar-refractivity contribution in [1.82, 2.24) is 9.97 Å². The SMILES string of the molecule is CCc1cc2c(NC(CC)CC)nc(Cl)nc2s1. The van der Waals surface area contributed by atoms with E-state index in [2.05, 4.69) is 42.1 Å². The molecule has 0 fully saturated rings. The lowest BCUT2D eigenvalue weighted by Crippen LogP contribution is -2.18. The van der Waals surface area contributed by atoms with Gasteiger partial charge >= 0.3 is 0 Å². The second kappa shape index (κ2) is 5.85. The molecule has 2 aromatic rings. The average Bonchev–Trinajstić information content (AvgIpc) is 2.78. The van der Waals surface area contributed by atoms with Crippen LogP contribution >= 0.6 is 22.9 Å². The molecule has 5 heteroatoms. The molecule has 1 N–H and O–H groups in total. The Hall–Kier alpha value is -0.870. The zero-order chi connectivity index (χ0) is 13.1. The van der Waals surface area contributed by atoms with Gasteiger partial charge in [-0.3, -0.25) is 0 Å². The maximum Gasteiger partial charge on any atom is 0.225 e. The lowest BCUT2D eigenvalue weighted by Gasteiger charge is -2.15. The van der Waals surface area contributed by atoms with Crippen molar-refractivity contribution in [2.24, 2.45) is 0 Å². The molecule has 0 amide bonds. The molecule has 2 rings (SSSR count). The second-order valence-electron chi connectivity index (χ2n) is 4.28. The minimum Gasteiger partial charge on any atom is -0.367 e. The van der Waals surface area contributed by atoms with E-state index in [1.165, 1.54) is 4.88 Å². The van der Waals surface area contributed by atoms with Gasteiger partial charge in [0.2, 0.25) is 5.28 Å². The van der Waals surface area contributed by atoms with Gasteiger partial charge in [-0.15, -0.1) is 11.3 Å². The fourth-order valence-electron chi connectivity index (χ4n) is 1.92. The Kier molecular flexibility index (Phi) is 4.40. The molecule has 0 saturated carbocycles. The van der Waals surface area contributed by atoms with E-state index in [0.717, 1.165) is 35.3 Å². The summed E-state index contributed by atoms with van der Waals surface area (Å²) in [7, 11) is 0. The molecule has 2 aromatic heterocycles. The molecule has 0 radical (unpaired) electrons. The van der Waals surface area contributed by atoms with Gasteiger partial charge in [-0.2, -0.15) is 0 Å². The van der Waals surface area contributed by atoms with Gasteiger partial charge in [0.1, 0.15) is 10.6 Å². The van der Waals surface area contributed by atoms with Gasteiger partial charge < -0.3 is 5.32 Å². The van der Waals surface area contributed by atoms with Gasteiger partial charge in [0.05, 0.1) is 5.39 Å². The largest absolute Gasteiger partial charge is 0.367 e. The van der Waals surface area contributed by atoms with Crippen molar-refractivity contribution in [3.63, 3.8) is 0 Å². The number of thiophene rings is 1. The molecule has 0 unspecified atom stereocenters. The summed E-state index contributed by atoms with van der Waals surface area (Å²) in [6.45, 7) is 6.49. The summed E-state index contributed by atoms with van der Waals surface area (Å²) in [6, 6.07) is 2.60. The molecule has 0 aliphatic heterocycles. The van der Waals surface area contributed by atoms with Crippen LogP contribution in [0.25, 0.3) is 10.2 Å². The summed E-state index contributed by atoms with van der Waals surface area (Å²) in [5, 5.41) is 4.88. The van der Waals surface area contributed by atoms with Crippen LogP contribution in [0.5, 0.6) is 0 Å². The first-order chi connectivity index (χ1) is 8.67. The van der Waals surface area contributed by atoms with E-state index in [9.17, 15) is 0 Å². The van der Waals surface area contributed by atoms with Crippen molar-refractivity contribution in [2.75, 3.05) is 5.32 Å². The summed E-state index contributed by atoms with van der Waals surface area (Å²) in [5.41, 5.74) is 0. The summed E-state index contributed by atoms with van der Waals surface area (Å²) >= 11 is 7.68. The van der Waals surface area contributed by atoms with Crippen molar-refractivity contribution in [2.45, 2.75) is 46.1 Å². The summed E-state index contributed by atoms with van der Waals surface area (Å²) in [6.07, 6.45) is 3.16. The van der Waals surface area contributed by atoms with E-state index in [-0.39, 0.29) is 0 Å². The van der Waals surface area contributed by atoms with Crippen LogP contribution in [0.3, 0.4) is 0 Å². The van der Waals surface area contributed by atoms with Crippen LogP contribution in [0.2, 0.25) is 5.28 Å². The molecule has 18 heavy (non-hydrogen) atoms. The van der Waals surface area contributed by atoms with E-state index in [0.29, 0.717) is 11.3 Å². The molecular formula is C13H18ClN3S. The Labute approximate surface area is 117 Å². The zero-order valence-electron chi connectivity index (χ0n) is 11.0. The minimum atomic E-state index is 0.320. The Bertz CT molecular complexity index is 534. The quantitative estimate of drug-likeness (QED) is 0.821. The third-order valence-electron chi connectivity index (χ3n) is 3.09. The van der Waals surface area contributed by atoms with Gasteiger partial charge in [-0.05, 0) is 36.9 Å². The summed E-state index contributed by atoms with van der Waals surface area (Å²) in [4.78, 5) is 10.9. The lowest BCUT2D eigenvalue weighted by atomic mass is 10.1. The highest BCUT2D eigenvalue weighted by Crippen LogP contribution is 2.30. The highest BCUT2D eigenvalue weighted by Gasteiger charge is 2.12. The molecule has 0 aromatic carbocycles. The van der Waals surface area contributed by atoms with Gasteiger partial charge in [0.25, 0.3) is 0 Å². The molecule has 98 valence electrons. The number of halogens is 1. The average molecular weight is 284 g/mol. The fraction of sp³-hybridized carbons (Fsp3) is 0.538. The third kappa shape index (κ3) is 2.75. The van der Waals surface area contributed by atoms with Crippen LogP contribution < -0.4 is 5.32 Å². The normalized spacial score (nSPS) is 11.4. The van der Waals surface area contributed by atoms with Crippen LogP contribution in [-0.2, 0) is 6.42 Å². The molecule has 0 saturated heterocycles. The van der Waals surface area contributed by atoms with E-state index in [4.69, 9.17) is 11.6 Å². The second-order valence-corrected chi connectivity index (χ2v) is 5.74. The summed E-state index contributed by atoms with van der Waals surface area (Å²) in [5.74, 6) is 0.870. The number of hydrogen-bond donors (Lipinski definition) is 1. The van der Waals surface area contributed by atoms with Crippen molar-refractivity contribution < 1.29 is 0 Å². The number of fused-ring (bicyclic) bond motifs is 1. The number of aromatic nitrogens is 2. The monoisotopic (exact) mass is 283 g/mol. The molecule has 0 atom stereocenters. The smallest absolute Gasteiger partial charge is 0.225 e. The zero-order valence-corrected chi connectivity index (χ0v) is 12.5. The van der Waals surface area contributed by atoms with Crippen molar-refractivity contribution in [1.29, 1.82) is 0 Å². The maximum atomic E-state index is 5.99. The molecular weight excluding hydrogens is 266 g/mol. The molecule has 0 aliphatic rings. The van der Waals surface area contributed by atoms with E-state index >= 15 is 0 Å². The third-order valence-corrected chi connectivity index (χ3v) is 4.43. The van der Waals surface area contributed by atoms with Crippen LogP contribution in [-0.4, -0.2) is 16.0 Å². The Balaban J connectivity index is 2.44. The Morgan fingerprint density at radius 1 is 1.28 bits per heavy atom. The first-order valence-electron chi connectivity index (χ1n) is 6.40. The van der Waals surface area contributed by atoms with Gasteiger partial charge in [-0.1, -0.05) is 20.8 Å². The predicted molar refractivity (Wildman–Crippen MR) is 79.8 cm³/mol. The molecule has 0 spiro atoms. The number of nitrogens with zero attached hydrogens (tertiary/aromatic N) is 2. The highest BCUT2D eigenvalue weighted by atomic mass is 35.5. The molecule has 3 nitrogen and oxygen atoms in total. The van der Waals surface area contributed by atoms with Crippen molar-refractivity contribution >= 4 is 39.0 Å². The number of nitrogens with one attached hydrogen (secondary N) is 1. The Morgan fingerprint density at radius 3 is 2.61 bits per heavy atom. The fourth-order valence-corrected chi connectivity index (χ4v) is 3.10.